The van der Waals surface area contributed by atoms with E-state index >= 15 is 0 Å². The zero-order valence-corrected chi connectivity index (χ0v) is 12.0. The molecular formula is C11H23ClN2O2S. The van der Waals surface area contributed by atoms with Gasteiger partial charge in [-0.15, -0.1) is 12.4 Å². The minimum absolute atomic E-state index is 0. The van der Waals surface area contributed by atoms with Crippen molar-refractivity contribution in [1.29, 1.82) is 0 Å². The Morgan fingerprint density at radius 2 is 1.88 bits per heavy atom. The summed E-state index contributed by atoms with van der Waals surface area (Å²) in [5.41, 5.74) is 0. The van der Waals surface area contributed by atoms with Crippen LogP contribution in [0.1, 0.15) is 32.6 Å². The van der Waals surface area contributed by atoms with E-state index in [1.54, 1.807) is 11.2 Å². The van der Waals surface area contributed by atoms with E-state index in [9.17, 15) is 8.42 Å². The zero-order chi connectivity index (χ0) is 11.6. The van der Waals surface area contributed by atoms with Gasteiger partial charge in [-0.2, -0.15) is 0 Å². The Labute approximate surface area is 111 Å². The molecule has 0 aliphatic carbocycles. The van der Waals surface area contributed by atoms with Crippen LogP contribution in [0.5, 0.6) is 0 Å². The monoisotopic (exact) mass is 282 g/mol. The van der Waals surface area contributed by atoms with E-state index in [4.69, 9.17) is 0 Å². The van der Waals surface area contributed by atoms with E-state index in [0.29, 0.717) is 12.0 Å². The number of rotatable bonds is 3. The van der Waals surface area contributed by atoms with Crippen LogP contribution in [0.15, 0.2) is 0 Å². The molecule has 102 valence electrons. The van der Waals surface area contributed by atoms with Gasteiger partial charge in [0, 0.05) is 19.1 Å². The summed E-state index contributed by atoms with van der Waals surface area (Å²) in [4.78, 5) is 0. The van der Waals surface area contributed by atoms with E-state index in [-0.39, 0.29) is 18.2 Å². The van der Waals surface area contributed by atoms with Crippen molar-refractivity contribution >= 4 is 22.4 Å². The molecule has 2 rings (SSSR count). The topological polar surface area (TPSA) is 49.4 Å². The molecule has 0 amide bonds. The molecule has 2 aliphatic heterocycles. The Bertz CT molecular complexity index is 320. The summed E-state index contributed by atoms with van der Waals surface area (Å²) < 4.78 is 25.1. The van der Waals surface area contributed by atoms with Crippen molar-refractivity contribution in [3.05, 3.63) is 0 Å². The lowest BCUT2D eigenvalue weighted by atomic mass is 9.89. The molecule has 0 saturated carbocycles. The Kier molecular flexibility index (Phi) is 5.70. The highest BCUT2D eigenvalue weighted by atomic mass is 35.5. The predicted molar refractivity (Wildman–Crippen MR) is 72.0 cm³/mol. The Morgan fingerprint density at radius 3 is 2.35 bits per heavy atom. The molecule has 0 aromatic rings. The fourth-order valence-electron chi connectivity index (χ4n) is 2.85. The number of hydrogen-bond donors (Lipinski definition) is 1. The molecule has 6 heteroatoms. The summed E-state index contributed by atoms with van der Waals surface area (Å²) in [6.07, 6.45) is 4.59. The van der Waals surface area contributed by atoms with Crippen molar-refractivity contribution in [3.63, 3.8) is 0 Å². The minimum atomic E-state index is -2.96. The summed E-state index contributed by atoms with van der Waals surface area (Å²) in [7, 11) is -2.96. The summed E-state index contributed by atoms with van der Waals surface area (Å²) in [5.74, 6) is 0.921. The van der Waals surface area contributed by atoms with Gasteiger partial charge >= 0.3 is 0 Å². The molecule has 0 spiro atoms. The molecule has 0 aromatic heterocycles. The van der Waals surface area contributed by atoms with E-state index in [0.717, 1.165) is 32.5 Å². The maximum absolute atomic E-state index is 11.7. The second-order valence-electron chi connectivity index (χ2n) is 4.84. The van der Waals surface area contributed by atoms with Gasteiger partial charge in [-0.05, 0) is 45.1 Å². The number of sulfonamides is 1. The molecule has 1 unspecified atom stereocenters. The summed E-state index contributed by atoms with van der Waals surface area (Å²) in [6, 6.07) is 0.645. The third kappa shape index (κ3) is 3.56. The van der Waals surface area contributed by atoms with Gasteiger partial charge in [0.1, 0.15) is 0 Å². The van der Waals surface area contributed by atoms with E-state index < -0.39 is 10.0 Å². The summed E-state index contributed by atoms with van der Waals surface area (Å²) in [6.45, 7) is 4.30. The molecule has 0 bridgehead atoms. The van der Waals surface area contributed by atoms with E-state index in [1.165, 1.54) is 12.8 Å². The fourth-order valence-corrected chi connectivity index (χ4v) is 3.99. The minimum Gasteiger partial charge on any atom is -0.314 e. The first-order chi connectivity index (χ1) is 7.63. The molecule has 2 fully saturated rings. The van der Waals surface area contributed by atoms with Crippen molar-refractivity contribution in [2.24, 2.45) is 5.92 Å². The zero-order valence-electron chi connectivity index (χ0n) is 10.4. The molecule has 2 aliphatic rings. The second-order valence-corrected chi connectivity index (χ2v) is 7.10. The number of nitrogens with one attached hydrogen (secondary N) is 1. The maximum atomic E-state index is 11.7. The molecule has 1 N–H and O–H groups in total. The Hall–Kier alpha value is 0.160. The van der Waals surface area contributed by atoms with Crippen molar-refractivity contribution in [2.45, 2.75) is 38.6 Å². The molecule has 4 nitrogen and oxygen atoms in total. The first-order valence-electron chi connectivity index (χ1n) is 6.34. The van der Waals surface area contributed by atoms with Crippen LogP contribution in [0.25, 0.3) is 0 Å². The van der Waals surface area contributed by atoms with Gasteiger partial charge < -0.3 is 5.32 Å². The van der Waals surface area contributed by atoms with Crippen LogP contribution < -0.4 is 5.32 Å². The van der Waals surface area contributed by atoms with Crippen molar-refractivity contribution in [3.8, 4) is 0 Å². The molecule has 2 heterocycles. The van der Waals surface area contributed by atoms with Gasteiger partial charge in [0.15, 0.2) is 0 Å². The predicted octanol–water partition coefficient (Wildman–Crippen LogP) is 1.22. The number of piperidine rings is 1. The molecule has 1 atom stereocenters. The van der Waals surface area contributed by atoms with Gasteiger partial charge in [-0.3, -0.25) is 0 Å². The fraction of sp³-hybridized carbons (Fsp3) is 1.00. The lowest BCUT2D eigenvalue weighted by Crippen LogP contribution is -2.43. The van der Waals surface area contributed by atoms with Crippen LogP contribution in [0, 0.1) is 5.92 Å². The van der Waals surface area contributed by atoms with Crippen molar-refractivity contribution < 1.29 is 8.42 Å². The van der Waals surface area contributed by atoms with Gasteiger partial charge in [-0.25, -0.2) is 12.7 Å². The Balaban J connectivity index is 0.00000144. The van der Waals surface area contributed by atoms with Crippen LogP contribution in [-0.4, -0.2) is 44.2 Å². The van der Waals surface area contributed by atoms with Crippen LogP contribution in [-0.2, 0) is 10.0 Å². The van der Waals surface area contributed by atoms with Gasteiger partial charge in [0.05, 0.1) is 5.75 Å². The highest BCUT2D eigenvalue weighted by molar-refractivity contribution is 7.89. The first kappa shape index (κ1) is 15.2. The van der Waals surface area contributed by atoms with Crippen molar-refractivity contribution in [1.82, 2.24) is 9.62 Å². The van der Waals surface area contributed by atoms with Crippen LogP contribution in [0.3, 0.4) is 0 Å². The summed E-state index contributed by atoms with van der Waals surface area (Å²) in [5, 5.41) is 3.53. The van der Waals surface area contributed by atoms with Gasteiger partial charge in [-0.1, -0.05) is 0 Å². The third-order valence-electron chi connectivity index (χ3n) is 3.92. The number of nitrogens with zero attached hydrogens (tertiary/aromatic N) is 1. The standard InChI is InChI=1S/C11H22N2O2S.ClH/c1-2-16(14,15)13-8-5-10(6-9-13)11-4-3-7-12-11;/h10-12H,2-9H2,1H3;1H. The second kappa shape index (κ2) is 6.36. The number of halogens is 1. The maximum Gasteiger partial charge on any atom is 0.213 e. The van der Waals surface area contributed by atoms with Crippen LogP contribution in [0.4, 0.5) is 0 Å². The van der Waals surface area contributed by atoms with Gasteiger partial charge in [0.2, 0.25) is 10.0 Å². The summed E-state index contributed by atoms with van der Waals surface area (Å²) >= 11 is 0. The highest BCUT2D eigenvalue weighted by Gasteiger charge is 2.31. The van der Waals surface area contributed by atoms with E-state index in [1.807, 2.05) is 0 Å². The normalized spacial score (nSPS) is 27.9. The average Bonchev–Trinajstić information content (AvgIpc) is 2.83. The van der Waals surface area contributed by atoms with Gasteiger partial charge in [0.25, 0.3) is 0 Å². The average molecular weight is 283 g/mol. The molecule has 2 saturated heterocycles. The molecule has 17 heavy (non-hydrogen) atoms. The first-order valence-corrected chi connectivity index (χ1v) is 7.95. The number of hydrogen-bond acceptors (Lipinski definition) is 3. The smallest absolute Gasteiger partial charge is 0.213 e. The Morgan fingerprint density at radius 1 is 1.24 bits per heavy atom. The third-order valence-corrected chi connectivity index (χ3v) is 5.81. The van der Waals surface area contributed by atoms with Crippen LogP contribution in [0.2, 0.25) is 0 Å². The van der Waals surface area contributed by atoms with Crippen molar-refractivity contribution in [2.75, 3.05) is 25.4 Å². The highest BCUT2D eigenvalue weighted by Crippen LogP contribution is 2.26. The van der Waals surface area contributed by atoms with Crippen LogP contribution >= 0.6 is 12.4 Å². The largest absolute Gasteiger partial charge is 0.314 e. The lowest BCUT2D eigenvalue weighted by Gasteiger charge is -2.33. The molecule has 0 radical (unpaired) electrons. The lowest BCUT2D eigenvalue weighted by molar-refractivity contribution is 0.234. The SMILES string of the molecule is CCS(=O)(=O)N1CCC(C2CCCN2)CC1.Cl. The quantitative estimate of drug-likeness (QED) is 0.847. The molecular weight excluding hydrogens is 260 g/mol. The molecule has 0 aromatic carbocycles. The van der Waals surface area contributed by atoms with E-state index in [2.05, 4.69) is 5.32 Å².